The standard InChI is InChI=1S/C15H12Cl2N2OS2/c16-11-3-4-12(13(17)6-11)15(20)9-22-14(21)19(15)8-10-2-1-5-18-7-10/h1-7,20H,8-9H2. The number of nitrogens with zero attached hydrogens (tertiary/aromatic N) is 2. The Morgan fingerprint density at radius 2 is 2.18 bits per heavy atom. The molecule has 1 aliphatic rings. The summed E-state index contributed by atoms with van der Waals surface area (Å²) in [6, 6.07) is 8.90. The Kier molecular flexibility index (Phi) is 4.61. The van der Waals surface area contributed by atoms with E-state index in [2.05, 4.69) is 4.98 Å². The molecule has 0 bridgehead atoms. The van der Waals surface area contributed by atoms with Crippen molar-refractivity contribution in [1.29, 1.82) is 0 Å². The van der Waals surface area contributed by atoms with Crippen LogP contribution in [0.15, 0.2) is 42.7 Å². The topological polar surface area (TPSA) is 36.4 Å². The SMILES string of the molecule is OC1(c2ccc(Cl)cc2Cl)CSC(=S)N1Cc1cccnc1. The summed E-state index contributed by atoms with van der Waals surface area (Å²) in [5.41, 5.74) is 0.324. The van der Waals surface area contributed by atoms with Crippen molar-refractivity contribution in [2.24, 2.45) is 0 Å². The van der Waals surface area contributed by atoms with Gasteiger partial charge in [-0.3, -0.25) is 4.98 Å². The van der Waals surface area contributed by atoms with Gasteiger partial charge in [0.25, 0.3) is 0 Å². The lowest BCUT2D eigenvalue weighted by atomic mass is 10.0. The maximum atomic E-state index is 11.2. The molecule has 2 heterocycles. The fraction of sp³-hybridized carbons (Fsp3) is 0.200. The zero-order valence-electron chi connectivity index (χ0n) is 11.4. The van der Waals surface area contributed by atoms with E-state index in [1.807, 2.05) is 12.1 Å². The summed E-state index contributed by atoms with van der Waals surface area (Å²) in [4.78, 5) is 5.88. The molecule has 1 aromatic carbocycles. The van der Waals surface area contributed by atoms with Gasteiger partial charge in [-0.25, -0.2) is 0 Å². The first kappa shape index (κ1) is 16.0. The number of aliphatic hydroxyl groups is 1. The monoisotopic (exact) mass is 370 g/mol. The van der Waals surface area contributed by atoms with Gasteiger partial charge in [-0.2, -0.15) is 0 Å². The molecule has 1 aromatic heterocycles. The van der Waals surface area contributed by atoms with Crippen molar-refractivity contribution in [3.8, 4) is 0 Å². The van der Waals surface area contributed by atoms with Gasteiger partial charge in [-0.15, -0.1) is 0 Å². The molecule has 1 N–H and O–H groups in total. The fourth-order valence-electron chi connectivity index (χ4n) is 2.38. The summed E-state index contributed by atoms with van der Waals surface area (Å²) < 4.78 is 0.636. The minimum atomic E-state index is -1.25. The maximum absolute atomic E-state index is 11.2. The largest absolute Gasteiger partial charge is 0.366 e. The fourth-order valence-corrected chi connectivity index (χ4v) is 4.34. The van der Waals surface area contributed by atoms with E-state index in [0.717, 1.165) is 5.56 Å². The van der Waals surface area contributed by atoms with E-state index >= 15 is 0 Å². The number of thioether (sulfide) groups is 1. The lowest BCUT2D eigenvalue weighted by Crippen LogP contribution is -2.44. The van der Waals surface area contributed by atoms with Gasteiger partial charge in [0.15, 0.2) is 5.72 Å². The van der Waals surface area contributed by atoms with Gasteiger partial charge in [-0.05, 0) is 23.8 Å². The summed E-state index contributed by atoms with van der Waals surface area (Å²) in [6.07, 6.45) is 3.47. The van der Waals surface area contributed by atoms with Crippen LogP contribution < -0.4 is 0 Å². The van der Waals surface area contributed by atoms with Crippen LogP contribution in [0.25, 0.3) is 0 Å². The molecular formula is C15H12Cl2N2OS2. The van der Waals surface area contributed by atoms with Crippen molar-refractivity contribution in [1.82, 2.24) is 9.88 Å². The second-order valence-electron chi connectivity index (χ2n) is 4.94. The predicted molar refractivity (Wildman–Crippen MR) is 95.2 cm³/mol. The number of benzene rings is 1. The third kappa shape index (κ3) is 2.96. The van der Waals surface area contributed by atoms with Gasteiger partial charge < -0.3 is 10.0 Å². The molecule has 0 saturated carbocycles. The van der Waals surface area contributed by atoms with Crippen LogP contribution >= 0.6 is 47.2 Å². The third-order valence-corrected chi connectivity index (χ3v) is 5.63. The number of pyridine rings is 1. The molecule has 3 nitrogen and oxygen atoms in total. The summed E-state index contributed by atoms with van der Waals surface area (Å²) >= 11 is 19.1. The summed E-state index contributed by atoms with van der Waals surface area (Å²) in [5, 5.41) is 12.2. The van der Waals surface area contributed by atoms with E-state index < -0.39 is 5.72 Å². The summed E-state index contributed by atoms with van der Waals surface area (Å²) in [6.45, 7) is 0.467. The number of rotatable bonds is 3. The van der Waals surface area contributed by atoms with Gasteiger partial charge in [0.2, 0.25) is 0 Å². The highest BCUT2D eigenvalue weighted by molar-refractivity contribution is 8.23. The molecule has 114 valence electrons. The zero-order chi connectivity index (χ0) is 15.7. The van der Waals surface area contributed by atoms with Crippen molar-refractivity contribution >= 4 is 51.5 Å². The molecule has 1 fully saturated rings. The van der Waals surface area contributed by atoms with Crippen molar-refractivity contribution in [3.05, 3.63) is 63.9 Å². The van der Waals surface area contributed by atoms with Crippen LogP contribution in [0.1, 0.15) is 11.1 Å². The molecule has 3 rings (SSSR count). The van der Waals surface area contributed by atoms with Crippen molar-refractivity contribution < 1.29 is 5.11 Å². The first-order valence-electron chi connectivity index (χ1n) is 6.52. The van der Waals surface area contributed by atoms with E-state index in [9.17, 15) is 5.11 Å². The van der Waals surface area contributed by atoms with Crippen LogP contribution in [-0.2, 0) is 12.3 Å². The van der Waals surface area contributed by atoms with Crippen LogP contribution in [-0.4, -0.2) is 25.1 Å². The predicted octanol–water partition coefficient (Wildman–Crippen LogP) is 4.07. The van der Waals surface area contributed by atoms with Crippen LogP contribution in [0, 0.1) is 0 Å². The highest BCUT2D eigenvalue weighted by Crippen LogP contribution is 2.43. The molecule has 22 heavy (non-hydrogen) atoms. The first-order valence-corrected chi connectivity index (χ1v) is 8.67. The highest BCUT2D eigenvalue weighted by atomic mass is 35.5. The highest BCUT2D eigenvalue weighted by Gasteiger charge is 2.45. The third-order valence-electron chi connectivity index (χ3n) is 3.49. The Hall–Kier alpha value is -0.850. The van der Waals surface area contributed by atoms with Crippen molar-refractivity contribution in [2.45, 2.75) is 12.3 Å². The summed E-state index contributed by atoms with van der Waals surface area (Å²) in [5.74, 6) is 0.424. The molecule has 2 aromatic rings. The Morgan fingerprint density at radius 1 is 1.36 bits per heavy atom. The van der Waals surface area contributed by atoms with Crippen LogP contribution in [0.2, 0.25) is 10.0 Å². The number of hydrogen-bond acceptors (Lipinski definition) is 4. The zero-order valence-corrected chi connectivity index (χ0v) is 14.5. The Bertz CT molecular complexity index is 714. The quantitative estimate of drug-likeness (QED) is 0.824. The number of thiocarbonyl (C=S) groups is 1. The van der Waals surface area contributed by atoms with E-state index in [1.165, 1.54) is 11.8 Å². The average molecular weight is 371 g/mol. The molecule has 1 aliphatic heterocycles. The minimum Gasteiger partial charge on any atom is -0.366 e. The molecule has 1 saturated heterocycles. The van der Waals surface area contributed by atoms with Crippen molar-refractivity contribution in [3.63, 3.8) is 0 Å². The van der Waals surface area contributed by atoms with Crippen LogP contribution in [0.4, 0.5) is 0 Å². The Morgan fingerprint density at radius 3 is 2.86 bits per heavy atom. The van der Waals surface area contributed by atoms with E-state index in [0.29, 0.717) is 32.2 Å². The molecule has 0 radical (unpaired) electrons. The van der Waals surface area contributed by atoms with Gasteiger partial charge in [0, 0.05) is 29.5 Å². The Labute approximate surface area is 148 Å². The lowest BCUT2D eigenvalue weighted by Gasteiger charge is -2.35. The van der Waals surface area contributed by atoms with Gasteiger partial charge in [-0.1, -0.05) is 59.3 Å². The second kappa shape index (κ2) is 6.34. The molecule has 7 heteroatoms. The Balaban J connectivity index is 1.98. The maximum Gasteiger partial charge on any atom is 0.176 e. The second-order valence-corrected chi connectivity index (χ2v) is 7.40. The minimum absolute atomic E-state index is 0.424. The van der Waals surface area contributed by atoms with Crippen LogP contribution in [0.3, 0.4) is 0 Å². The van der Waals surface area contributed by atoms with E-state index in [4.69, 9.17) is 35.4 Å². The first-order chi connectivity index (χ1) is 10.5. The molecule has 1 unspecified atom stereocenters. The van der Waals surface area contributed by atoms with Gasteiger partial charge >= 0.3 is 0 Å². The molecule has 0 spiro atoms. The van der Waals surface area contributed by atoms with Gasteiger partial charge in [0.05, 0.1) is 10.8 Å². The molecule has 0 amide bonds. The number of hydrogen-bond donors (Lipinski definition) is 1. The smallest absolute Gasteiger partial charge is 0.176 e. The van der Waals surface area contributed by atoms with Crippen molar-refractivity contribution in [2.75, 3.05) is 5.75 Å². The van der Waals surface area contributed by atoms with E-state index in [1.54, 1.807) is 35.5 Å². The normalized spacial score (nSPS) is 21.4. The number of halogens is 2. The molecular weight excluding hydrogens is 359 g/mol. The molecule has 1 atom stereocenters. The van der Waals surface area contributed by atoms with E-state index in [-0.39, 0.29) is 0 Å². The lowest BCUT2D eigenvalue weighted by molar-refractivity contribution is -0.0508. The van der Waals surface area contributed by atoms with Gasteiger partial charge in [0.1, 0.15) is 4.32 Å². The summed E-state index contributed by atoms with van der Waals surface area (Å²) in [7, 11) is 0. The average Bonchev–Trinajstić information content (AvgIpc) is 2.77. The number of aromatic nitrogens is 1. The molecule has 0 aliphatic carbocycles. The van der Waals surface area contributed by atoms with Crippen LogP contribution in [0.5, 0.6) is 0 Å².